The number of ether oxygens (including phenoxy) is 1. The molecule has 1 unspecified atom stereocenters. The first-order valence-corrected chi connectivity index (χ1v) is 9.93. The lowest BCUT2D eigenvalue weighted by molar-refractivity contribution is -0.137. The molecule has 1 fully saturated rings. The second-order valence-electron chi connectivity index (χ2n) is 7.07. The van der Waals surface area contributed by atoms with E-state index >= 15 is 0 Å². The number of morpholine rings is 1. The van der Waals surface area contributed by atoms with Crippen LogP contribution in [0.3, 0.4) is 0 Å². The van der Waals surface area contributed by atoms with Crippen LogP contribution in [0.5, 0.6) is 0 Å². The number of hydrogen-bond donors (Lipinski definition) is 2. The van der Waals surface area contributed by atoms with E-state index in [9.17, 15) is 14.0 Å². The number of H-pyrrole nitrogens is 1. The maximum atomic E-state index is 13.3. The quantitative estimate of drug-likeness (QED) is 0.651. The van der Waals surface area contributed by atoms with Gasteiger partial charge in [0.15, 0.2) is 0 Å². The molecule has 0 aliphatic carbocycles. The highest BCUT2D eigenvalue weighted by Gasteiger charge is 2.28. The predicted molar refractivity (Wildman–Crippen MR) is 110 cm³/mol. The Kier molecular flexibility index (Phi) is 5.96. The molecule has 0 saturated carbocycles. The van der Waals surface area contributed by atoms with Crippen LogP contribution in [0, 0.1) is 5.82 Å². The average Bonchev–Trinajstić information content (AvgIpc) is 3.18. The van der Waals surface area contributed by atoms with Crippen LogP contribution in [0.4, 0.5) is 4.39 Å². The summed E-state index contributed by atoms with van der Waals surface area (Å²) < 4.78 is 18.6. The van der Waals surface area contributed by atoms with Gasteiger partial charge in [0.1, 0.15) is 23.2 Å². The summed E-state index contributed by atoms with van der Waals surface area (Å²) in [6, 6.07) is 8.42. The third kappa shape index (κ3) is 4.60. The molecule has 4 rings (SSSR count). The number of benzene rings is 1. The Balaban J connectivity index is 1.56. The molecule has 156 valence electrons. The van der Waals surface area contributed by atoms with Crippen LogP contribution >= 0.6 is 11.6 Å². The number of pyridine rings is 1. The zero-order valence-electron chi connectivity index (χ0n) is 16.0. The van der Waals surface area contributed by atoms with Crippen molar-refractivity contribution in [1.82, 2.24) is 20.2 Å². The number of fused-ring (bicyclic) bond motifs is 1. The number of nitrogens with one attached hydrogen (secondary N) is 2. The predicted octanol–water partition coefficient (Wildman–Crippen LogP) is 2.56. The van der Waals surface area contributed by atoms with Gasteiger partial charge < -0.3 is 19.9 Å². The Hall–Kier alpha value is -2.97. The van der Waals surface area contributed by atoms with E-state index in [1.807, 2.05) is 0 Å². The van der Waals surface area contributed by atoms with Crippen molar-refractivity contribution in [3.05, 3.63) is 64.7 Å². The summed E-state index contributed by atoms with van der Waals surface area (Å²) in [6.45, 7) is 1.83. The molecule has 0 bridgehead atoms. The summed E-state index contributed by atoms with van der Waals surface area (Å²) >= 11 is 5.96. The Morgan fingerprint density at radius 2 is 1.97 bits per heavy atom. The highest BCUT2D eigenvalue weighted by atomic mass is 35.5. The second-order valence-corrected chi connectivity index (χ2v) is 7.51. The minimum absolute atomic E-state index is 0.201. The SMILES string of the molecule is O=C(NC(Cc1ccc(F)cc1)C(=O)N1CCOCC1)c1cc2cc(Cl)cnc2[nH]1. The molecule has 1 aromatic carbocycles. The number of amides is 2. The standard InChI is InChI=1S/C21H20ClFN4O3/c22-15-10-14-11-17(25-19(14)24-12-15)20(28)26-18(9-13-1-3-16(23)4-2-13)21(29)27-5-7-30-8-6-27/h1-4,10-12,18H,5-9H2,(H,24,25)(H,26,28). The second kappa shape index (κ2) is 8.81. The molecule has 0 spiro atoms. The Labute approximate surface area is 177 Å². The molecular weight excluding hydrogens is 411 g/mol. The van der Waals surface area contributed by atoms with Crippen LogP contribution < -0.4 is 5.32 Å². The van der Waals surface area contributed by atoms with Gasteiger partial charge in [-0.2, -0.15) is 0 Å². The van der Waals surface area contributed by atoms with E-state index in [-0.39, 0.29) is 23.8 Å². The summed E-state index contributed by atoms with van der Waals surface area (Å²) in [5, 5.41) is 3.97. The summed E-state index contributed by atoms with van der Waals surface area (Å²) in [4.78, 5) is 34.7. The molecule has 3 aromatic rings. The highest BCUT2D eigenvalue weighted by molar-refractivity contribution is 6.31. The normalized spacial score (nSPS) is 15.2. The molecule has 2 N–H and O–H groups in total. The molecule has 30 heavy (non-hydrogen) atoms. The van der Waals surface area contributed by atoms with Gasteiger partial charge in [-0.25, -0.2) is 9.37 Å². The van der Waals surface area contributed by atoms with E-state index in [4.69, 9.17) is 16.3 Å². The maximum absolute atomic E-state index is 13.3. The van der Waals surface area contributed by atoms with Crippen LogP contribution in [-0.4, -0.2) is 59.0 Å². The number of aromatic amines is 1. The van der Waals surface area contributed by atoms with E-state index in [0.29, 0.717) is 42.4 Å². The molecule has 1 aliphatic rings. The third-order valence-corrected chi connectivity index (χ3v) is 5.17. The van der Waals surface area contributed by atoms with Gasteiger partial charge in [0, 0.05) is 31.1 Å². The topological polar surface area (TPSA) is 87.3 Å². The lowest BCUT2D eigenvalue weighted by Gasteiger charge is -2.30. The van der Waals surface area contributed by atoms with Crippen molar-refractivity contribution in [3.8, 4) is 0 Å². The molecule has 2 aromatic heterocycles. The number of aromatic nitrogens is 2. The number of hydrogen-bond acceptors (Lipinski definition) is 4. The van der Waals surface area contributed by atoms with Crippen molar-refractivity contribution in [3.63, 3.8) is 0 Å². The Morgan fingerprint density at radius 1 is 1.23 bits per heavy atom. The Morgan fingerprint density at radius 3 is 2.70 bits per heavy atom. The molecular formula is C21H20ClFN4O3. The molecule has 3 heterocycles. The van der Waals surface area contributed by atoms with Crippen molar-refractivity contribution in [2.24, 2.45) is 0 Å². The summed E-state index contributed by atoms with van der Waals surface area (Å²) in [5.41, 5.74) is 1.55. The van der Waals surface area contributed by atoms with Gasteiger partial charge in [-0.15, -0.1) is 0 Å². The minimum Gasteiger partial charge on any atom is -0.378 e. The zero-order chi connectivity index (χ0) is 21.1. The van der Waals surface area contributed by atoms with Crippen molar-refractivity contribution in [2.75, 3.05) is 26.3 Å². The third-order valence-electron chi connectivity index (χ3n) is 4.96. The number of nitrogens with zero attached hydrogens (tertiary/aromatic N) is 2. The minimum atomic E-state index is -0.802. The first-order chi connectivity index (χ1) is 14.5. The Bertz CT molecular complexity index is 1060. The van der Waals surface area contributed by atoms with Gasteiger partial charge in [0.05, 0.1) is 18.2 Å². The lowest BCUT2D eigenvalue weighted by atomic mass is 10.0. The molecule has 1 atom stereocenters. The summed E-state index contributed by atoms with van der Waals surface area (Å²) in [6.07, 6.45) is 1.73. The summed E-state index contributed by atoms with van der Waals surface area (Å²) in [7, 11) is 0. The van der Waals surface area contributed by atoms with Crippen LogP contribution in [0.1, 0.15) is 16.1 Å². The largest absolute Gasteiger partial charge is 0.378 e. The number of carbonyl (C=O) groups excluding carboxylic acids is 2. The van der Waals surface area contributed by atoms with Crippen molar-refractivity contribution in [1.29, 1.82) is 0 Å². The fraction of sp³-hybridized carbons (Fsp3) is 0.286. The lowest BCUT2D eigenvalue weighted by Crippen LogP contribution is -2.52. The molecule has 7 nitrogen and oxygen atoms in total. The monoisotopic (exact) mass is 430 g/mol. The van der Waals surface area contributed by atoms with Gasteiger partial charge >= 0.3 is 0 Å². The van der Waals surface area contributed by atoms with Gasteiger partial charge in [0.25, 0.3) is 5.91 Å². The number of halogens is 2. The fourth-order valence-electron chi connectivity index (χ4n) is 3.41. The van der Waals surface area contributed by atoms with Crippen LogP contribution in [0.25, 0.3) is 11.0 Å². The van der Waals surface area contributed by atoms with Gasteiger partial charge in [-0.3, -0.25) is 9.59 Å². The molecule has 0 radical (unpaired) electrons. The molecule has 1 saturated heterocycles. The van der Waals surface area contributed by atoms with E-state index < -0.39 is 11.9 Å². The van der Waals surface area contributed by atoms with Gasteiger partial charge in [-0.05, 0) is 29.8 Å². The van der Waals surface area contributed by atoms with E-state index in [0.717, 1.165) is 5.56 Å². The number of carbonyl (C=O) groups is 2. The van der Waals surface area contributed by atoms with Gasteiger partial charge in [-0.1, -0.05) is 23.7 Å². The van der Waals surface area contributed by atoms with E-state index in [1.165, 1.54) is 18.3 Å². The highest BCUT2D eigenvalue weighted by Crippen LogP contribution is 2.18. The first-order valence-electron chi connectivity index (χ1n) is 9.56. The van der Waals surface area contributed by atoms with E-state index in [1.54, 1.807) is 29.2 Å². The molecule has 1 aliphatic heterocycles. The number of rotatable bonds is 5. The van der Waals surface area contributed by atoms with Crippen molar-refractivity contribution in [2.45, 2.75) is 12.5 Å². The van der Waals surface area contributed by atoms with E-state index in [2.05, 4.69) is 15.3 Å². The zero-order valence-corrected chi connectivity index (χ0v) is 16.8. The van der Waals surface area contributed by atoms with Crippen molar-refractivity contribution < 1.29 is 18.7 Å². The summed E-state index contributed by atoms with van der Waals surface area (Å²) in [5.74, 6) is -0.992. The van der Waals surface area contributed by atoms with Crippen LogP contribution in [0.15, 0.2) is 42.6 Å². The smallest absolute Gasteiger partial charge is 0.268 e. The van der Waals surface area contributed by atoms with Crippen LogP contribution in [-0.2, 0) is 16.0 Å². The maximum Gasteiger partial charge on any atom is 0.268 e. The first kappa shape index (κ1) is 20.3. The van der Waals surface area contributed by atoms with Gasteiger partial charge in [0.2, 0.25) is 5.91 Å². The molecule has 9 heteroatoms. The van der Waals surface area contributed by atoms with Crippen molar-refractivity contribution >= 4 is 34.4 Å². The molecule has 2 amide bonds. The van der Waals surface area contributed by atoms with Crippen LogP contribution in [0.2, 0.25) is 5.02 Å². The average molecular weight is 431 g/mol. The fourth-order valence-corrected chi connectivity index (χ4v) is 3.57.